The van der Waals surface area contributed by atoms with Crippen LogP contribution in [0.1, 0.15) is 45.1 Å². The monoisotopic (exact) mass is 453 g/mol. The summed E-state index contributed by atoms with van der Waals surface area (Å²) in [6.45, 7) is 9.64. The molecule has 6 heteroatoms. The van der Waals surface area contributed by atoms with Crippen molar-refractivity contribution in [3.05, 3.63) is 42.0 Å². The molecule has 0 radical (unpaired) electrons. The Morgan fingerprint density at radius 1 is 1.12 bits per heavy atom. The molecule has 2 fully saturated rings. The number of benzene rings is 1. The molecule has 0 spiro atoms. The van der Waals surface area contributed by atoms with Gasteiger partial charge >= 0.3 is 0 Å². The van der Waals surface area contributed by atoms with Crippen LogP contribution in [0.2, 0.25) is 0 Å². The molecular formula is C27H39N3O3. The van der Waals surface area contributed by atoms with Gasteiger partial charge in [0.2, 0.25) is 11.8 Å². The SMILES string of the molecule is CCN(CC)C(=O)C[C@@H]1CCN2C[C@@H]1/C=C\COc1ccccc1CN(CC1CC1)CC2=O. The van der Waals surface area contributed by atoms with E-state index in [1.54, 1.807) is 0 Å². The number of rotatable bonds is 6. The smallest absolute Gasteiger partial charge is 0.236 e. The quantitative estimate of drug-likeness (QED) is 0.618. The van der Waals surface area contributed by atoms with Crippen molar-refractivity contribution in [3.8, 4) is 5.75 Å². The lowest BCUT2D eigenvalue weighted by Crippen LogP contribution is -2.48. The van der Waals surface area contributed by atoms with Gasteiger partial charge in [0, 0.05) is 51.3 Å². The largest absolute Gasteiger partial charge is 0.489 e. The summed E-state index contributed by atoms with van der Waals surface area (Å²) in [6, 6.07) is 8.18. The molecule has 0 aromatic heterocycles. The van der Waals surface area contributed by atoms with E-state index in [0.29, 0.717) is 32.0 Å². The Balaban J connectivity index is 1.52. The number of carbonyl (C=O) groups excluding carboxylic acids is 2. The van der Waals surface area contributed by atoms with Crippen molar-refractivity contribution in [2.45, 2.75) is 46.1 Å². The highest BCUT2D eigenvalue weighted by Crippen LogP contribution is 2.32. The topological polar surface area (TPSA) is 53.1 Å². The molecule has 2 heterocycles. The molecule has 6 nitrogen and oxygen atoms in total. The van der Waals surface area contributed by atoms with Gasteiger partial charge in [0.15, 0.2) is 0 Å². The van der Waals surface area contributed by atoms with Gasteiger partial charge in [0.25, 0.3) is 0 Å². The summed E-state index contributed by atoms with van der Waals surface area (Å²) < 4.78 is 6.14. The van der Waals surface area contributed by atoms with Gasteiger partial charge in [0.1, 0.15) is 12.4 Å². The Kier molecular flexibility index (Phi) is 8.07. The minimum atomic E-state index is 0.179. The van der Waals surface area contributed by atoms with Crippen molar-refractivity contribution in [1.82, 2.24) is 14.7 Å². The van der Waals surface area contributed by atoms with Crippen molar-refractivity contribution < 1.29 is 14.3 Å². The summed E-state index contributed by atoms with van der Waals surface area (Å²) in [5.74, 6) is 2.48. The first-order chi connectivity index (χ1) is 16.1. The van der Waals surface area contributed by atoms with Crippen molar-refractivity contribution in [3.63, 3.8) is 0 Å². The fourth-order valence-corrected chi connectivity index (χ4v) is 5.18. The first-order valence-corrected chi connectivity index (χ1v) is 12.7. The minimum Gasteiger partial charge on any atom is -0.489 e. The fourth-order valence-electron chi connectivity index (χ4n) is 5.18. The van der Waals surface area contributed by atoms with E-state index in [-0.39, 0.29) is 23.7 Å². The lowest BCUT2D eigenvalue weighted by atomic mass is 9.82. The van der Waals surface area contributed by atoms with Crippen molar-refractivity contribution in [2.24, 2.45) is 17.8 Å². The second kappa shape index (κ2) is 11.2. The standard InChI is InChI=1S/C27H39N3O3/c1-3-29(4-2)26(31)16-22-13-14-30-19-23(22)9-7-15-33-25-10-6-5-8-24(25)18-28(20-27(30)32)17-21-11-12-21/h5-10,21-23H,3-4,11-20H2,1-2H3/b9-7-/t22-,23-/m0/s1. The molecule has 4 rings (SSSR count). The van der Waals surface area contributed by atoms with E-state index < -0.39 is 0 Å². The Morgan fingerprint density at radius 3 is 2.67 bits per heavy atom. The Labute approximate surface area is 198 Å². The molecular weight excluding hydrogens is 414 g/mol. The van der Waals surface area contributed by atoms with Gasteiger partial charge in [-0.2, -0.15) is 0 Å². The third kappa shape index (κ3) is 6.38. The lowest BCUT2D eigenvalue weighted by Gasteiger charge is -2.38. The van der Waals surface area contributed by atoms with Crippen LogP contribution < -0.4 is 4.74 Å². The van der Waals surface area contributed by atoms with Gasteiger partial charge in [0.05, 0.1) is 6.54 Å². The van der Waals surface area contributed by atoms with Crippen LogP contribution in [0.5, 0.6) is 5.75 Å². The number of amides is 2. The van der Waals surface area contributed by atoms with Gasteiger partial charge in [-0.3, -0.25) is 14.5 Å². The predicted octanol–water partition coefficient (Wildman–Crippen LogP) is 3.57. The highest BCUT2D eigenvalue weighted by atomic mass is 16.5. The number of hydrogen-bond donors (Lipinski definition) is 0. The number of carbonyl (C=O) groups is 2. The Hall–Kier alpha value is -2.34. The third-order valence-electron chi connectivity index (χ3n) is 7.37. The van der Waals surface area contributed by atoms with E-state index in [4.69, 9.17) is 4.74 Å². The highest BCUT2D eigenvalue weighted by molar-refractivity contribution is 5.79. The maximum atomic E-state index is 13.3. The maximum Gasteiger partial charge on any atom is 0.236 e. The number of piperidine rings is 1. The zero-order valence-corrected chi connectivity index (χ0v) is 20.2. The molecule has 1 aromatic rings. The van der Waals surface area contributed by atoms with Crippen LogP contribution in [-0.4, -0.2) is 72.4 Å². The van der Waals surface area contributed by atoms with Gasteiger partial charge in [-0.15, -0.1) is 0 Å². The van der Waals surface area contributed by atoms with Crippen molar-refractivity contribution in [1.29, 1.82) is 0 Å². The molecule has 2 atom stereocenters. The molecule has 0 N–H and O–H groups in total. The molecule has 1 aliphatic carbocycles. The lowest BCUT2D eigenvalue weighted by molar-refractivity contribution is -0.136. The maximum absolute atomic E-state index is 13.3. The molecule has 0 unspecified atom stereocenters. The summed E-state index contributed by atoms with van der Waals surface area (Å²) in [4.78, 5) is 32.4. The van der Waals surface area contributed by atoms with Crippen LogP contribution >= 0.6 is 0 Å². The van der Waals surface area contributed by atoms with Crippen LogP contribution in [0.25, 0.3) is 0 Å². The summed E-state index contributed by atoms with van der Waals surface area (Å²) in [7, 11) is 0. The number of ether oxygens (including phenoxy) is 1. The number of para-hydroxylation sites is 1. The van der Waals surface area contributed by atoms with E-state index in [9.17, 15) is 9.59 Å². The zero-order chi connectivity index (χ0) is 23.2. The summed E-state index contributed by atoms with van der Waals surface area (Å²) in [5, 5.41) is 0. The van der Waals surface area contributed by atoms with Crippen LogP contribution in [0.15, 0.2) is 36.4 Å². The average Bonchev–Trinajstić information content (AvgIpc) is 3.62. The van der Waals surface area contributed by atoms with Gasteiger partial charge in [-0.1, -0.05) is 30.4 Å². The van der Waals surface area contributed by atoms with E-state index in [1.807, 2.05) is 41.8 Å². The van der Waals surface area contributed by atoms with E-state index >= 15 is 0 Å². The zero-order valence-electron chi connectivity index (χ0n) is 20.2. The van der Waals surface area contributed by atoms with Crippen LogP contribution in [0.4, 0.5) is 0 Å². The average molecular weight is 454 g/mol. The number of nitrogens with zero attached hydrogens (tertiary/aromatic N) is 3. The fraction of sp³-hybridized carbons (Fsp3) is 0.630. The predicted molar refractivity (Wildman–Crippen MR) is 130 cm³/mol. The normalized spacial score (nSPS) is 25.2. The van der Waals surface area contributed by atoms with Gasteiger partial charge in [-0.25, -0.2) is 0 Å². The second-order valence-electron chi connectivity index (χ2n) is 9.78. The molecule has 1 saturated heterocycles. The van der Waals surface area contributed by atoms with Crippen molar-refractivity contribution >= 4 is 11.8 Å². The molecule has 2 amide bonds. The van der Waals surface area contributed by atoms with Crippen LogP contribution in [0, 0.1) is 17.8 Å². The summed E-state index contributed by atoms with van der Waals surface area (Å²) in [6.07, 6.45) is 8.21. The van der Waals surface area contributed by atoms with E-state index in [1.165, 1.54) is 12.8 Å². The Morgan fingerprint density at radius 2 is 1.91 bits per heavy atom. The molecule has 33 heavy (non-hydrogen) atoms. The third-order valence-corrected chi connectivity index (χ3v) is 7.37. The Bertz CT molecular complexity index is 847. The summed E-state index contributed by atoms with van der Waals surface area (Å²) >= 11 is 0. The highest BCUT2D eigenvalue weighted by Gasteiger charge is 2.33. The molecule has 1 saturated carbocycles. The van der Waals surface area contributed by atoms with Gasteiger partial charge < -0.3 is 14.5 Å². The van der Waals surface area contributed by atoms with Gasteiger partial charge in [-0.05, 0) is 56.9 Å². The van der Waals surface area contributed by atoms with Crippen LogP contribution in [-0.2, 0) is 16.1 Å². The first kappa shape index (κ1) is 23.8. The summed E-state index contributed by atoms with van der Waals surface area (Å²) in [5.41, 5.74) is 1.14. The molecule has 1 aromatic carbocycles. The number of hydrogen-bond acceptors (Lipinski definition) is 4. The first-order valence-electron chi connectivity index (χ1n) is 12.7. The molecule has 180 valence electrons. The van der Waals surface area contributed by atoms with E-state index in [2.05, 4.69) is 23.1 Å². The van der Waals surface area contributed by atoms with E-state index in [0.717, 1.165) is 50.5 Å². The molecule has 3 aliphatic rings. The van der Waals surface area contributed by atoms with Crippen molar-refractivity contribution in [2.75, 3.05) is 45.9 Å². The minimum absolute atomic E-state index is 0.179. The second-order valence-corrected chi connectivity index (χ2v) is 9.78. The number of fused-ring (bicyclic) bond motifs is 3. The molecule has 2 aliphatic heterocycles. The molecule has 2 bridgehead atoms. The van der Waals surface area contributed by atoms with Crippen LogP contribution in [0.3, 0.4) is 0 Å².